The highest BCUT2D eigenvalue weighted by molar-refractivity contribution is 6.02. The smallest absolute Gasteiger partial charge is 0.324 e. The average molecular weight is 298 g/mol. The van der Waals surface area contributed by atoms with Gasteiger partial charge >= 0.3 is 6.03 Å². The summed E-state index contributed by atoms with van der Waals surface area (Å²) in [5.41, 5.74) is 0.868. The van der Waals surface area contributed by atoms with Crippen LogP contribution in [-0.2, 0) is 4.79 Å². The first-order valence-electron chi connectivity index (χ1n) is 6.99. The summed E-state index contributed by atoms with van der Waals surface area (Å²) < 4.78 is 0. The molecule has 1 N–H and O–H groups in total. The molecule has 0 spiro atoms. The van der Waals surface area contributed by atoms with Gasteiger partial charge in [0.05, 0.1) is 24.2 Å². The van der Waals surface area contributed by atoms with Crippen molar-refractivity contribution in [2.45, 2.75) is 12.5 Å². The van der Waals surface area contributed by atoms with E-state index in [0.717, 1.165) is 0 Å². The molecule has 0 bridgehead atoms. The normalized spacial score (nSPS) is 21.0. The van der Waals surface area contributed by atoms with Crippen molar-refractivity contribution in [1.29, 1.82) is 5.26 Å². The molecule has 0 aromatic heterocycles. The first-order chi connectivity index (χ1) is 10.6. The Morgan fingerprint density at radius 3 is 2.86 bits per heavy atom. The highest BCUT2D eigenvalue weighted by atomic mass is 16.2. The molecule has 0 radical (unpaired) electrons. The predicted octanol–water partition coefficient (Wildman–Crippen LogP) is 0.325. The van der Waals surface area contributed by atoms with Crippen LogP contribution >= 0.6 is 0 Å². The molecule has 112 valence electrons. The Bertz CT molecular complexity index is 678. The molecule has 2 fully saturated rings. The lowest BCUT2D eigenvalue weighted by Crippen LogP contribution is -2.42. The molecular weight excluding hydrogens is 284 g/mol. The van der Waals surface area contributed by atoms with E-state index in [1.165, 1.54) is 4.90 Å². The Morgan fingerprint density at radius 2 is 2.18 bits per heavy atom. The number of likely N-dealkylation sites (tertiary alicyclic amines) is 1. The summed E-state index contributed by atoms with van der Waals surface area (Å²) in [6.45, 7) is 0.833. The Kier molecular flexibility index (Phi) is 3.51. The second-order valence-electron chi connectivity index (χ2n) is 5.31. The molecular formula is C15H14N4O3. The van der Waals surface area contributed by atoms with E-state index in [4.69, 9.17) is 5.26 Å². The number of carbonyl (C=O) groups excluding carboxylic acids is 3. The Balaban J connectivity index is 1.72. The first-order valence-corrected chi connectivity index (χ1v) is 6.99. The molecule has 2 aliphatic heterocycles. The number of carbonyl (C=O) groups is 3. The van der Waals surface area contributed by atoms with Crippen molar-refractivity contribution >= 4 is 17.8 Å². The fourth-order valence-corrected chi connectivity index (χ4v) is 2.85. The van der Waals surface area contributed by atoms with Crippen LogP contribution in [0.15, 0.2) is 24.3 Å². The van der Waals surface area contributed by atoms with Crippen molar-refractivity contribution in [3.8, 4) is 6.07 Å². The number of nitriles is 1. The molecule has 0 saturated carbocycles. The van der Waals surface area contributed by atoms with Crippen molar-refractivity contribution < 1.29 is 14.4 Å². The number of rotatable bonds is 2. The van der Waals surface area contributed by atoms with Gasteiger partial charge in [-0.2, -0.15) is 5.26 Å². The van der Waals surface area contributed by atoms with Gasteiger partial charge in [0.25, 0.3) is 5.91 Å². The molecule has 1 aromatic carbocycles. The molecule has 2 heterocycles. The highest BCUT2D eigenvalue weighted by Crippen LogP contribution is 2.20. The van der Waals surface area contributed by atoms with Crippen LogP contribution in [0.3, 0.4) is 0 Å². The Hall–Kier alpha value is -2.88. The number of nitrogens with one attached hydrogen (secondary N) is 1. The van der Waals surface area contributed by atoms with E-state index >= 15 is 0 Å². The number of nitrogens with zero attached hydrogens (tertiary/aromatic N) is 3. The van der Waals surface area contributed by atoms with Gasteiger partial charge in [-0.15, -0.1) is 0 Å². The molecule has 4 amide bonds. The van der Waals surface area contributed by atoms with Gasteiger partial charge in [0, 0.05) is 18.7 Å². The van der Waals surface area contributed by atoms with E-state index in [2.05, 4.69) is 5.32 Å². The third-order valence-corrected chi connectivity index (χ3v) is 3.93. The van der Waals surface area contributed by atoms with Crippen LogP contribution in [0.1, 0.15) is 22.3 Å². The van der Waals surface area contributed by atoms with Crippen LogP contribution in [0.2, 0.25) is 0 Å². The number of imide groups is 1. The van der Waals surface area contributed by atoms with Crippen molar-refractivity contribution in [2.75, 3.05) is 19.6 Å². The topological polar surface area (TPSA) is 93.5 Å². The Morgan fingerprint density at radius 1 is 1.36 bits per heavy atom. The van der Waals surface area contributed by atoms with Crippen LogP contribution in [0.5, 0.6) is 0 Å². The third kappa shape index (κ3) is 2.39. The molecule has 2 aliphatic rings. The van der Waals surface area contributed by atoms with Gasteiger partial charge in [0.2, 0.25) is 5.91 Å². The molecule has 1 aromatic rings. The van der Waals surface area contributed by atoms with E-state index < -0.39 is 6.03 Å². The van der Waals surface area contributed by atoms with Gasteiger partial charge in [-0.25, -0.2) is 4.79 Å². The minimum Gasteiger partial charge on any atom is -0.336 e. The maximum absolute atomic E-state index is 12.5. The van der Waals surface area contributed by atoms with Crippen LogP contribution < -0.4 is 5.32 Å². The summed E-state index contributed by atoms with van der Waals surface area (Å²) in [7, 11) is 0. The molecule has 7 heteroatoms. The Labute approximate surface area is 127 Å². The lowest BCUT2D eigenvalue weighted by molar-refractivity contribution is -0.126. The highest BCUT2D eigenvalue weighted by Gasteiger charge is 2.39. The average Bonchev–Trinajstić information content (AvgIpc) is 3.13. The van der Waals surface area contributed by atoms with Gasteiger partial charge in [-0.1, -0.05) is 6.07 Å². The van der Waals surface area contributed by atoms with Gasteiger partial charge in [-0.3, -0.25) is 14.5 Å². The SMILES string of the molecule is N#Cc1cccc(C(=O)N2CC[C@@H](N3C(=O)CNC3=O)C2)c1. The van der Waals surface area contributed by atoms with Crippen LogP contribution in [-0.4, -0.2) is 53.3 Å². The van der Waals surface area contributed by atoms with Crippen molar-refractivity contribution in [3.05, 3.63) is 35.4 Å². The maximum atomic E-state index is 12.5. The number of urea groups is 1. The van der Waals surface area contributed by atoms with Crippen molar-refractivity contribution in [2.24, 2.45) is 0 Å². The van der Waals surface area contributed by atoms with Gasteiger partial charge < -0.3 is 10.2 Å². The third-order valence-electron chi connectivity index (χ3n) is 3.93. The van der Waals surface area contributed by atoms with E-state index in [-0.39, 0.29) is 24.4 Å². The summed E-state index contributed by atoms with van der Waals surface area (Å²) >= 11 is 0. The van der Waals surface area contributed by atoms with E-state index in [0.29, 0.717) is 30.6 Å². The minimum absolute atomic E-state index is 0.0213. The van der Waals surface area contributed by atoms with E-state index in [9.17, 15) is 14.4 Å². The minimum atomic E-state index is -0.393. The van der Waals surface area contributed by atoms with Crippen molar-refractivity contribution in [1.82, 2.24) is 15.1 Å². The van der Waals surface area contributed by atoms with E-state index in [1.807, 2.05) is 6.07 Å². The molecule has 0 aliphatic carbocycles. The predicted molar refractivity (Wildman–Crippen MR) is 75.7 cm³/mol. The number of hydrogen-bond donors (Lipinski definition) is 1. The summed E-state index contributed by atoms with van der Waals surface area (Å²) in [6, 6.07) is 7.83. The number of benzene rings is 1. The standard InChI is InChI=1S/C15H14N4O3/c16-7-10-2-1-3-11(6-10)14(21)18-5-4-12(9-18)19-13(20)8-17-15(19)22/h1-3,6,12H,4-5,8-9H2,(H,17,22)/t12-/m1/s1. The molecule has 2 saturated heterocycles. The zero-order valence-corrected chi connectivity index (χ0v) is 11.8. The first kappa shape index (κ1) is 14.1. The quantitative estimate of drug-likeness (QED) is 0.796. The molecule has 7 nitrogen and oxygen atoms in total. The van der Waals surface area contributed by atoms with Gasteiger partial charge in [0.1, 0.15) is 0 Å². The van der Waals surface area contributed by atoms with Gasteiger partial charge in [0.15, 0.2) is 0 Å². The molecule has 1 atom stereocenters. The number of hydrogen-bond acceptors (Lipinski definition) is 4. The van der Waals surface area contributed by atoms with Crippen LogP contribution in [0.25, 0.3) is 0 Å². The van der Waals surface area contributed by atoms with Crippen LogP contribution in [0, 0.1) is 11.3 Å². The zero-order valence-electron chi connectivity index (χ0n) is 11.8. The lowest BCUT2D eigenvalue weighted by atomic mass is 10.1. The molecule has 0 unspecified atom stereocenters. The summed E-state index contributed by atoms with van der Waals surface area (Å²) in [6.07, 6.45) is 0.572. The number of amides is 4. The monoisotopic (exact) mass is 298 g/mol. The van der Waals surface area contributed by atoms with Crippen LogP contribution in [0.4, 0.5) is 4.79 Å². The lowest BCUT2D eigenvalue weighted by Gasteiger charge is -2.21. The molecule has 3 rings (SSSR count). The van der Waals surface area contributed by atoms with Crippen molar-refractivity contribution in [3.63, 3.8) is 0 Å². The zero-order chi connectivity index (χ0) is 15.7. The fourth-order valence-electron chi connectivity index (χ4n) is 2.85. The summed E-state index contributed by atoms with van der Waals surface area (Å²) in [5, 5.41) is 11.4. The largest absolute Gasteiger partial charge is 0.336 e. The summed E-state index contributed by atoms with van der Waals surface area (Å²) in [4.78, 5) is 38.6. The second kappa shape index (κ2) is 5.48. The summed E-state index contributed by atoms with van der Waals surface area (Å²) in [5.74, 6) is -0.442. The maximum Gasteiger partial charge on any atom is 0.324 e. The second-order valence-corrected chi connectivity index (χ2v) is 5.31. The fraction of sp³-hybridized carbons (Fsp3) is 0.333. The van der Waals surface area contributed by atoms with E-state index in [1.54, 1.807) is 29.2 Å². The molecule has 22 heavy (non-hydrogen) atoms. The van der Waals surface area contributed by atoms with Gasteiger partial charge in [-0.05, 0) is 24.6 Å².